The summed E-state index contributed by atoms with van der Waals surface area (Å²) < 4.78 is 60.6. The molecular formula is C19H17ClF4N6O4. The number of carbonyl (C=O) groups is 1. The van der Waals surface area contributed by atoms with E-state index in [1.807, 2.05) is 0 Å². The molecule has 15 heteroatoms. The van der Waals surface area contributed by atoms with E-state index in [-0.39, 0.29) is 23.2 Å². The number of amides is 1. The smallest absolute Gasteiger partial charge is 0.425 e. The summed E-state index contributed by atoms with van der Waals surface area (Å²) in [7, 11) is 0. The van der Waals surface area contributed by atoms with E-state index in [1.54, 1.807) is 6.92 Å². The Morgan fingerprint density at radius 3 is 2.65 bits per heavy atom. The molecule has 10 nitrogen and oxygen atoms in total. The minimum Gasteiger partial charge on any atom is -0.464 e. The fraction of sp³-hybridized carbons (Fsp3) is 0.316. The summed E-state index contributed by atoms with van der Waals surface area (Å²) in [4.78, 5) is 32.7. The quantitative estimate of drug-likeness (QED) is 0.374. The van der Waals surface area contributed by atoms with Gasteiger partial charge in [0.2, 0.25) is 5.88 Å². The summed E-state index contributed by atoms with van der Waals surface area (Å²) in [6, 6.07) is 3.34. The first-order valence-electron chi connectivity index (χ1n) is 9.63. The molecule has 0 radical (unpaired) electrons. The van der Waals surface area contributed by atoms with Crippen LogP contribution in [0.3, 0.4) is 0 Å². The molecule has 2 N–H and O–H groups in total. The van der Waals surface area contributed by atoms with Gasteiger partial charge in [-0.25, -0.2) is 14.2 Å². The topological polar surface area (TPSA) is 124 Å². The SMILES string of the molecule is CCn1c(CO)nn(-c2nc(O[C@@H](C)C(F)(F)F)c(C(=O)Nc3cccnc3Cl)cc2F)c1=O. The number of aromatic nitrogens is 5. The summed E-state index contributed by atoms with van der Waals surface area (Å²) in [6.45, 7) is 1.62. The van der Waals surface area contributed by atoms with Crippen molar-refractivity contribution in [3.05, 3.63) is 57.2 Å². The standard InChI is InChI=1S/C19H17ClF4N6O4/c1-3-29-13(8-31)28-30(18(29)33)15-11(21)7-10(17(27-15)34-9(2)19(22,23)24)16(32)26-12-5-4-6-25-14(12)20/h4-7,9,31H,3,8H2,1-2H3,(H,26,32)/t9-/m0/s1. The second-order valence-corrected chi connectivity index (χ2v) is 7.12. The lowest BCUT2D eigenvalue weighted by molar-refractivity contribution is -0.190. The van der Waals surface area contributed by atoms with E-state index >= 15 is 0 Å². The van der Waals surface area contributed by atoms with Gasteiger partial charge in [-0.3, -0.25) is 9.36 Å². The Labute approximate surface area is 193 Å². The molecule has 0 aliphatic heterocycles. The lowest BCUT2D eigenvalue weighted by atomic mass is 10.2. The summed E-state index contributed by atoms with van der Waals surface area (Å²) >= 11 is 5.87. The number of rotatable bonds is 7. The Kier molecular flexibility index (Phi) is 7.21. The van der Waals surface area contributed by atoms with E-state index in [9.17, 15) is 32.3 Å². The number of aliphatic hydroxyl groups is 1. The molecule has 182 valence electrons. The molecule has 3 rings (SSSR count). The zero-order valence-electron chi connectivity index (χ0n) is 17.6. The molecule has 1 atom stereocenters. The van der Waals surface area contributed by atoms with Crippen molar-refractivity contribution in [2.24, 2.45) is 0 Å². The van der Waals surface area contributed by atoms with Gasteiger partial charge in [0.15, 0.2) is 28.7 Å². The number of ether oxygens (including phenoxy) is 1. The van der Waals surface area contributed by atoms with Gasteiger partial charge in [0, 0.05) is 12.7 Å². The summed E-state index contributed by atoms with van der Waals surface area (Å²) in [5, 5.41) is 15.3. The number of hydrogen-bond donors (Lipinski definition) is 2. The summed E-state index contributed by atoms with van der Waals surface area (Å²) in [6.07, 6.45) is -5.95. The number of aliphatic hydroxyl groups excluding tert-OH is 1. The molecule has 3 heterocycles. The molecule has 0 aliphatic rings. The maximum absolute atomic E-state index is 15.0. The van der Waals surface area contributed by atoms with Gasteiger partial charge >= 0.3 is 11.9 Å². The maximum atomic E-state index is 15.0. The van der Waals surface area contributed by atoms with E-state index in [4.69, 9.17) is 16.3 Å². The van der Waals surface area contributed by atoms with Crippen molar-refractivity contribution in [3.8, 4) is 11.7 Å². The Hall–Kier alpha value is -3.52. The Balaban J connectivity index is 2.14. The van der Waals surface area contributed by atoms with Gasteiger partial charge in [-0.15, -0.1) is 5.10 Å². The molecule has 3 aromatic rings. The van der Waals surface area contributed by atoms with Crippen molar-refractivity contribution in [1.29, 1.82) is 0 Å². The van der Waals surface area contributed by atoms with Crippen molar-refractivity contribution in [1.82, 2.24) is 24.3 Å². The van der Waals surface area contributed by atoms with Gasteiger partial charge in [0.25, 0.3) is 5.91 Å². The molecule has 3 aromatic heterocycles. The highest BCUT2D eigenvalue weighted by Gasteiger charge is 2.39. The van der Waals surface area contributed by atoms with Gasteiger partial charge in [-0.1, -0.05) is 11.6 Å². The van der Waals surface area contributed by atoms with Crippen LogP contribution in [0.4, 0.5) is 23.2 Å². The van der Waals surface area contributed by atoms with Crippen LogP contribution in [0.1, 0.15) is 30.0 Å². The lowest BCUT2D eigenvalue weighted by Crippen LogP contribution is -2.33. The van der Waals surface area contributed by atoms with E-state index in [2.05, 4.69) is 20.4 Å². The zero-order chi connectivity index (χ0) is 25.2. The third-order valence-corrected chi connectivity index (χ3v) is 4.82. The second kappa shape index (κ2) is 9.77. The molecule has 34 heavy (non-hydrogen) atoms. The second-order valence-electron chi connectivity index (χ2n) is 6.76. The van der Waals surface area contributed by atoms with Crippen LogP contribution in [0.15, 0.2) is 29.2 Å². The van der Waals surface area contributed by atoms with Crippen LogP contribution < -0.4 is 15.7 Å². The van der Waals surface area contributed by atoms with E-state index in [0.717, 1.165) is 4.57 Å². The van der Waals surface area contributed by atoms with Crippen LogP contribution in [0, 0.1) is 5.82 Å². The van der Waals surface area contributed by atoms with Gasteiger partial charge in [0.05, 0.1) is 5.69 Å². The third-order valence-electron chi connectivity index (χ3n) is 4.52. The Bertz CT molecular complexity index is 1280. The van der Waals surface area contributed by atoms with Gasteiger partial charge in [-0.2, -0.15) is 22.8 Å². The fourth-order valence-electron chi connectivity index (χ4n) is 2.78. The van der Waals surface area contributed by atoms with Crippen LogP contribution in [0.5, 0.6) is 5.88 Å². The third kappa shape index (κ3) is 5.02. The first-order valence-corrected chi connectivity index (χ1v) is 10.0. The van der Waals surface area contributed by atoms with E-state index < -0.39 is 53.6 Å². The van der Waals surface area contributed by atoms with Gasteiger partial charge < -0.3 is 15.2 Å². The van der Waals surface area contributed by atoms with Crippen LogP contribution >= 0.6 is 11.6 Å². The number of carbonyl (C=O) groups excluding carboxylic acids is 1. The molecule has 0 saturated carbocycles. The van der Waals surface area contributed by atoms with Crippen LogP contribution in [0.25, 0.3) is 5.82 Å². The van der Waals surface area contributed by atoms with E-state index in [1.165, 1.54) is 18.3 Å². The number of nitrogens with zero attached hydrogens (tertiary/aromatic N) is 5. The molecular weight excluding hydrogens is 488 g/mol. The number of halogens is 5. The molecule has 0 saturated heterocycles. The largest absolute Gasteiger partial charge is 0.464 e. The van der Waals surface area contributed by atoms with Gasteiger partial charge in [-0.05, 0) is 32.0 Å². The Morgan fingerprint density at radius 2 is 2.09 bits per heavy atom. The summed E-state index contributed by atoms with van der Waals surface area (Å²) in [5.74, 6) is -4.23. The highest BCUT2D eigenvalue weighted by Crippen LogP contribution is 2.29. The number of nitrogens with one attached hydrogen (secondary N) is 1. The zero-order valence-corrected chi connectivity index (χ0v) is 18.4. The van der Waals surface area contributed by atoms with Crippen molar-refractivity contribution < 1.29 is 32.2 Å². The highest BCUT2D eigenvalue weighted by atomic mass is 35.5. The minimum atomic E-state index is -4.85. The normalized spacial score (nSPS) is 12.5. The Morgan fingerprint density at radius 1 is 1.38 bits per heavy atom. The van der Waals surface area contributed by atoms with Crippen LogP contribution in [-0.2, 0) is 13.2 Å². The van der Waals surface area contributed by atoms with Crippen molar-refractivity contribution in [3.63, 3.8) is 0 Å². The molecule has 1 amide bonds. The first kappa shape index (κ1) is 25.1. The summed E-state index contributed by atoms with van der Waals surface area (Å²) in [5.41, 5.74) is -1.62. The average molecular weight is 505 g/mol. The van der Waals surface area contributed by atoms with Crippen LogP contribution in [0.2, 0.25) is 5.15 Å². The number of alkyl halides is 3. The first-order chi connectivity index (χ1) is 16.0. The number of hydrogen-bond acceptors (Lipinski definition) is 7. The molecule has 0 bridgehead atoms. The molecule has 0 spiro atoms. The van der Waals surface area contributed by atoms with Crippen molar-refractivity contribution in [2.75, 3.05) is 5.32 Å². The van der Waals surface area contributed by atoms with Gasteiger partial charge in [0.1, 0.15) is 12.2 Å². The number of pyridine rings is 2. The highest BCUT2D eigenvalue weighted by molar-refractivity contribution is 6.32. The van der Waals surface area contributed by atoms with E-state index in [0.29, 0.717) is 17.7 Å². The maximum Gasteiger partial charge on any atom is 0.425 e. The monoisotopic (exact) mass is 504 g/mol. The average Bonchev–Trinajstić information content (AvgIpc) is 3.10. The van der Waals surface area contributed by atoms with Crippen molar-refractivity contribution in [2.45, 2.75) is 39.3 Å². The molecule has 0 fully saturated rings. The fourth-order valence-corrected chi connectivity index (χ4v) is 2.94. The van der Waals surface area contributed by atoms with Crippen molar-refractivity contribution >= 4 is 23.2 Å². The lowest BCUT2D eigenvalue weighted by Gasteiger charge is -2.19. The van der Waals surface area contributed by atoms with Crippen LogP contribution in [-0.4, -0.2) is 47.6 Å². The molecule has 0 aliphatic carbocycles. The minimum absolute atomic E-state index is 0.000956. The molecule has 0 unspecified atom stereocenters. The predicted molar refractivity (Wildman–Crippen MR) is 111 cm³/mol. The molecule has 0 aromatic carbocycles. The number of anilines is 1. The predicted octanol–water partition coefficient (Wildman–Crippen LogP) is 2.71.